The highest BCUT2D eigenvalue weighted by Gasteiger charge is 2.27. The minimum Gasteiger partial charge on any atom is -0.462 e. The SMILES string of the molecule is CC/C=C\C/C=C\C/C=C\C/C=C\CCCCCCCCC(=O)OC(COC(=O)CCCCCCCCCCCCC/C=C\C/C=C\CCCCCCC)COP(=O)(O)OCC[N+](C)(C)C. The van der Waals surface area contributed by atoms with Gasteiger partial charge in [-0.2, -0.15) is 0 Å². The summed E-state index contributed by atoms with van der Waals surface area (Å²) in [6, 6.07) is 0. The van der Waals surface area contributed by atoms with Gasteiger partial charge in [-0.05, 0) is 83.5 Å². The smallest absolute Gasteiger partial charge is 0.462 e. The predicted molar refractivity (Wildman–Crippen MR) is 279 cm³/mol. The molecular formula is C56H101NO8P+. The van der Waals surface area contributed by atoms with Crippen LogP contribution in [0.5, 0.6) is 0 Å². The Morgan fingerprint density at radius 3 is 1.29 bits per heavy atom. The zero-order valence-electron chi connectivity index (χ0n) is 43.2. The fraction of sp³-hybridized carbons (Fsp3) is 0.750. The maximum absolute atomic E-state index is 12.8. The summed E-state index contributed by atoms with van der Waals surface area (Å²) < 4.78 is 34.5. The van der Waals surface area contributed by atoms with Crippen molar-refractivity contribution in [1.29, 1.82) is 0 Å². The standard InChI is InChI=1S/C56H100NO8P/c1-6-8-10-12-14-16-18-20-22-24-26-27-28-29-31-32-34-36-38-40-42-44-46-48-55(58)62-52-54(53-64-66(60,61)63-51-50-57(3,4)5)65-56(59)49-47-45-43-41-39-37-35-33-30-25-23-21-19-17-15-13-11-9-7-2/h9,11,15,17-18,20-21,23-24,26,30,33,54H,6-8,10,12-14,16,19,22,25,27-29,31-32,34-53H2,1-5H3/p+1/b11-9-,17-15-,20-18-,23-21-,26-24-,33-30-. The molecule has 9 nitrogen and oxygen atoms in total. The molecule has 0 aromatic carbocycles. The number of phosphoric acid groups is 1. The van der Waals surface area contributed by atoms with Crippen molar-refractivity contribution < 1.29 is 42.1 Å². The van der Waals surface area contributed by atoms with Gasteiger partial charge in [-0.15, -0.1) is 0 Å². The maximum Gasteiger partial charge on any atom is 0.472 e. The number of esters is 2. The van der Waals surface area contributed by atoms with Crippen molar-refractivity contribution in [2.75, 3.05) is 47.5 Å². The number of hydrogen-bond donors (Lipinski definition) is 1. The number of carbonyl (C=O) groups excluding carboxylic acids is 2. The van der Waals surface area contributed by atoms with Gasteiger partial charge in [0.05, 0.1) is 27.7 Å². The van der Waals surface area contributed by atoms with Crippen molar-refractivity contribution in [2.24, 2.45) is 0 Å². The molecule has 66 heavy (non-hydrogen) atoms. The third kappa shape index (κ3) is 50.9. The van der Waals surface area contributed by atoms with Crippen LogP contribution in [0.3, 0.4) is 0 Å². The molecular weight excluding hydrogens is 846 g/mol. The number of hydrogen-bond acceptors (Lipinski definition) is 7. The highest BCUT2D eigenvalue weighted by atomic mass is 31.2. The van der Waals surface area contributed by atoms with Gasteiger partial charge < -0.3 is 18.9 Å². The molecule has 0 heterocycles. The van der Waals surface area contributed by atoms with Gasteiger partial charge >= 0.3 is 19.8 Å². The summed E-state index contributed by atoms with van der Waals surface area (Å²) in [5.74, 6) is -0.816. The van der Waals surface area contributed by atoms with E-state index < -0.39 is 26.5 Å². The zero-order chi connectivity index (χ0) is 48.5. The van der Waals surface area contributed by atoms with E-state index >= 15 is 0 Å². The van der Waals surface area contributed by atoms with Gasteiger partial charge in [0, 0.05) is 12.8 Å². The van der Waals surface area contributed by atoms with Gasteiger partial charge in [-0.1, -0.05) is 196 Å². The summed E-state index contributed by atoms with van der Waals surface area (Å²) in [5.41, 5.74) is 0. The maximum atomic E-state index is 12.8. The van der Waals surface area contributed by atoms with Crippen LogP contribution in [0.2, 0.25) is 0 Å². The van der Waals surface area contributed by atoms with Gasteiger partial charge in [0.15, 0.2) is 6.10 Å². The summed E-state index contributed by atoms with van der Waals surface area (Å²) >= 11 is 0. The molecule has 0 spiro atoms. The second kappa shape index (κ2) is 47.5. The normalized spacial score (nSPS) is 14.0. The summed E-state index contributed by atoms with van der Waals surface area (Å²) in [5, 5.41) is 0. The number of quaternary nitrogens is 1. The molecule has 0 rings (SSSR count). The van der Waals surface area contributed by atoms with Gasteiger partial charge in [0.1, 0.15) is 19.8 Å². The first kappa shape index (κ1) is 63.5. The van der Waals surface area contributed by atoms with Crippen LogP contribution in [-0.2, 0) is 32.7 Å². The van der Waals surface area contributed by atoms with Crippen molar-refractivity contribution >= 4 is 19.8 Å². The zero-order valence-corrected chi connectivity index (χ0v) is 44.1. The van der Waals surface area contributed by atoms with Crippen molar-refractivity contribution in [3.05, 3.63) is 72.9 Å². The van der Waals surface area contributed by atoms with Gasteiger partial charge in [-0.3, -0.25) is 18.6 Å². The number of rotatable bonds is 48. The van der Waals surface area contributed by atoms with E-state index in [2.05, 4.69) is 86.8 Å². The molecule has 10 heteroatoms. The lowest BCUT2D eigenvalue weighted by atomic mass is 10.0. The molecule has 0 aliphatic heterocycles. The lowest BCUT2D eigenvalue weighted by molar-refractivity contribution is -0.870. The van der Waals surface area contributed by atoms with Crippen LogP contribution in [0.15, 0.2) is 72.9 Å². The second-order valence-corrected chi connectivity index (χ2v) is 20.3. The average Bonchev–Trinajstić information content (AvgIpc) is 3.27. The van der Waals surface area contributed by atoms with Crippen LogP contribution < -0.4 is 0 Å². The van der Waals surface area contributed by atoms with Crippen LogP contribution in [0.1, 0.15) is 219 Å². The molecule has 2 atom stereocenters. The molecule has 1 N–H and O–H groups in total. The van der Waals surface area contributed by atoms with Crippen LogP contribution in [0.4, 0.5) is 0 Å². The van der Waals surface area contributed by atoms with Crippen LogP contribution in [-0.4, -0.2) is 74.9 Å². The summed E-state index contributed by atoms with van der Waals surface area (Å²) in [4.78, 5) is 35.6. The third-order valence-electron chi connectivity index (χ3n) is 11.2. The van der Waals surface area contributed by atoms with E-state index in [1.165, 1.54) is 96.3 Å². The van der Waals surface area contributed by atoms with Crippen molar-refractivity contribution in [3.8, 4) is 0 Å². The van der Waals surface area contributed by atoms with Crippen molar-refractivity contribution in [3.63, 3.8) is 0 Å². The Balaban J connectivity index is 4.25. The quantitative estimate of drug-likeness (QED) is 0.0211. The van der Waals surface area contributed by atoms with E-state index in [0.717, 1.165) is 89.9 Å². The second-order valence-electron chi connectivity index (χ2n) is 18.9. The number of nitrogens with zero attached hydrogens (tertiary/aromatic N) is 1. The highest BCUT2D eigenvalue weighted by molar-refractivity contribution is 7.47. The van der Waals surface area contributed by atoms with Crippen LogP contribution in [0, 0.1) is 0 Å². The lowest BCUT2D eigenvalue weighted by Crippen LogP contribution is -2.37. The number of allylic oxidation sites excluding steroid dienone is 12. The number of ether oxygens (including phenoxy) is 2. The van der Waals surface area contributed by atoms with Gasteiger partial charge in [-0.25, -0.2) is 4.57 Å². The molecule has 0 fully saturated rings. The van der Waals surface area contributed by atoms with E-state index in [1.807, 2.05) is 21.1 Å². The number of carbonyl (C=O) groups is 2. The highest BCUT2D eigenvalue weighted by Crippen LogP contribution is 2.43. The molecule has 0 aromatic heterocycles. The first-order valence-corrected chi connectivity index (χ1v) is 28.2. The van der Waals surface area contributed by atoms with E-state index in [9.17, 15) is 19.0 Å². The Morgan fingerprint density at radius 2 is 0.864 bits per heavy atom. The van der Waals surface area contributed by atoms with Crippen LogP contribution in [0.25, 0.3) is 0 Å². The van der Waals surface area contributed by atoms with E-state index in [-0.39, 0.29) is 32.0 Å². The van der Waals surface area contributed by atoms with Gasteiger partial charge in [0.2, 0.25) is 0 Å². The van der Waals surface area contributed by atoms with Crippen molar-refractivity contribution in [2.45, 2.75) is 225 Å². The molecule has 0 aliphatic carbocycles. The third-order valence-corrected chi connectivity index (χ3v) is 12.2. The summed E-state index contributed by atoms with van der Waals surface area (Å²) in [6.07, 6.45) is 61.0. The number of unbranched alkanes of at least 4 members (excludes halogenated alkanes) is 22. The first-order valence-electron chi connectivity index (χ1n) is 26.7. The largest absolute Gasteiger partial charge is 0.472 e. The Morgan fingerprint density at radius 1 is 0.485 bits per heavy atom. The lowest BCUT2D eigenvalue weighted by Gasteiger charge is -2.24. The van der Waals surface area contributed by atoms with Crippen molar-refractivity contribution in [1.82, 2.24) is 0 Å². The summed E-state index contributed by atoms with van der Waals surface area (Å²) in [6.45, 7) is 4.29. The fourth-order valence-electron chi connectivity index (χ4n) is 7.09. The molecule has 0 aliphatic rings. The number of likely N-dealkylation sites (N-methyl/N-ethyl adjacent to an activating group) is 1. The Bertz CT molecular complexity index is 1350. The molecule has 0 saturated carbocycles. The van der Waals surface area contributed by atoms with E-state index in [1.54, 1.807) is 0 Å². The van der Waals surface area contributed by atoms with E-state index in [4.69, 9.17) is 18.5 Å². The molecule has 0 radical (unpaired) electrons. The van der Waals surface area contributed by atoms with Gasteiger partial charge in [0.25, 0.3) is 0 Å². The molecule has 0 saturated heterocycles. The average molecular weight is 947 g/mol. The molecule has 0 amide bonds. The predicted octanol–water partition coefficient (Wildman–Crippen LogP) is 16.1. The fourth-order valence-corrected chi connectivity index (χ4v) is 7.84. The molecule has 0 aromatic rings. The minimum absolute atomic E-state index is 0.0252. The molecule has 2 unspecified atom stereocenters. The Hall–Kier alpha value is -2.55. The molecule has 382 valence electrons. The summed E-state index contributed by atoms with van der Waals surface area (Å²) in [7, 11) is 1.46. The number of phosphoric ester groups is 1. The van der Waals surface area contributed by atoms with Crippen LogP contribution >= 0.6 is 7.82 Å². The monoisotopic (exact) mass is 947 g/mol. The minimum atomic E-state index is -4.39. The first-order chi connectivity index (χ1) is 32.0. The Kier molecular flexibility index (Phi) is 45.7. The molecule has 0 bridgehead atoms. The van der Waals surface area contributed by atoms with E-state index in [0.29, 0.717) is 17.4 Å². The topological polar surface area (TPSA) is 108 Å². The Labute approximate surface area is 406 Å².